The van der Waals surface area contributed by atoms with Crippen molar-refractivity contribution in [2.45, 2.75) is 31.6 Å². The van der Waals surface area contributed by atoms with E-state index in [1.54, 1.807) is 12.1 Å². The van der Waals surface area contributed by atoms with Crippen LogP contribution in [0.2, 0.25) is 0 Å². The average Bonchev–Trinajstić information content (AvgIpc) is 2.94. The highest BCUT2D eigenvalue weighted by atomic mass is 32.2. The Hall–Kier alpha value is -1.56. The smallest absolute Gasteiger partial charge is 0.229 e. The van der Waals surface area contributed by atoms with Gasteiger partial charge in [-0.15, -0.1) is 0 Å². The van der Waals surface area contributed by atoms with Crippen LogP contribution in [-0.4, -0.2) is 24.6 Å². The van der Waals surface area contributed by atoms with Crippen LogP contribution in [0.1, 0.15) is 37.4 Å². The zero-order valence-corrected chi connectivity index (χ0v) is 11.6. The van der Waals surface area contributed by atoms with E-state index in [2.05, 4.69) is 14.7 Å². The number of hydrogen-bond acceptors (Lipinski definition) is 3. The number of hydrogen-bond donors (Lipinski definition) is 2. The summed E-state index contributed by atoms with van der Waals surface area (Å²) in [6.07, 6.45) is 6.06. The molecule has 19 heavy (non-hydrogen) atoms. The number of sulfonamides is 1. The van der Waals surface area contributed by atoms with Crippen LogP contribution >= 0.6 is 0 Å². The first-order valence-corrected chi connectivity index (χ1v) is 8.38. The fourth-order valence-corrected chi connectivity index (χ4v) is 3.25. The Balaban J connectivity index is 1.94. The number of rotatable bonds is 3. The molecule has 0 amide bonds. The lowest BCUT2D eigenvalue weighted by atomic mass is 10.1. The van der Waals surface area contributed by atoms with Gasteiger partial charge in [-0.25, -0.2) is 13.4 Å². The van der Waals surface area contributed by atoms with Gasteiger partial charge < -0.3 is 4.98 Å². The van der Waals surface area contributed by atoms with E-state index in [1.165, 1.54) is 25.7 Å². The molecule has 3 rings (SSSR count). The molecular formula is C13H17N3O2S. The van der Waals surface area contributed by atoms with Gasteiger partial charge in [0.2, 0.25) is 10.0 Å². The predicted molar refractivity (Wildman–Crippen MR) is 75.8 cm³/mol. The van der Waals surface area contributed by atoms with E-state index >= 15 is 0 Å². The largest absolute Gasteiger partial charge is 0.342 e. The van der Waals surface area contributed by atoms with Gasteiger partial charge in [0.1, 0.15) is 5.82 Å². The van der Waals surface area contributed by atoms with E-state index in [-0.39, 0.29) is 0 Å². The molecule has 2 aromatic rings. The Kier molecular flexibility index (Phi) is 2.97. The van der Waals surface area contributed by atoms with Crippen LogP contribution in [0.5, 0.6) is 0 Å². The molecule has 0 bridgehead atoms. The molecule has 1 aromatic carbocycles. The van der Waals surface area contributed by atoms with Gasteiger partial charge in [0.05, 0.1) is 23.0 Å². The van der Waals surface area contributed by atoms with Crippen LogP contribution in [-0.2, 0) is 10.0 Å². The first kappa shape index (κ1) is 12.5. The van der Waals surface area contributed by atoms with E-state index in [0.717, 1.165) is 23.1 Å². The lowest BCUT2D eigenvalue weighted by molar-refractivity contribution is 0.607. The number of anilines is 1. The fourth-order valence-electron chi connectivity index (χ4n) is 2.70. The van der Waals surface area contributed by atoms with Gasteiger partial charge in [-0.2, -0.15) is 0 Å². The Morgan fingerprint density at radius 2 is 2.05 bits per heavy atom. The summed E-state index contributed by atoms with van der Waals surface area (Å²) in [6.45, 7) is 0. The van der Waals surface area contributed by atoms with Crippen molar-refractivity contribution >= 4 is 26.7 Å². The summed E-state index contributed by atoms with van der Waals surface area (Å²) in [5.74, 6) is 1.56. The van der Waals surface area contributed by atoms with E-state index in [0.29, 0.717) is 11.6 Å². The number of fused-ring (bicyclic) bond motifs is 1. The van der Waals surface area contributed by atoms with Crippen molar-refractivity contribution in [3.63, 3.8) is 0 Å². The van der Waals surface area contributed by atoms with Crippen molar-refractivity contribution in [3.05, 3.63) is 24.0 Å². The highest BCUT2D eigenvalue weighted by molar-refractivity contribution is 7.92. The van der Waals surface area contributed by atoms with Gasteiger partial charge >= 0.3 is 0 Å². The molecule has 0 spiro atoms. The maximum Gasteiger partial charge on any atom is 0.229 e. The van der Waals surface area contributed by atoms with Crippen molar-refractivity contribution in [2.75, 3.05) is 11.0 Å². The second-order valence-corrected chi connectivity index (χ2v) is 6.96. The number of nitrogens with zero attached hydrogens (tertiary/aromatic N) is 1. The lowest BCUT2D eigenvalue weighted by Gasteiger charge is -2.03. The van der Waals surface area contributed by atoms with Gasteiger partial charge in [0.15, 0.2) is 0 Å². The summed E-state index contributed by atoms with van der Waals surface area (Å²) in [4.78, 5) is 7.92. The number of aromatic nitrogens is 2. The van der Waals surface area contributed by atoms with Crippen molar-refractivity contribution in [1.82, 2.24) is 9.97 Å². The minimum absolute atomic E-state index is 0.527. The SMILES string of the molecule is CS(=O)(=O)Nc1ccc2nc(C3CCCC3)[nH]c2c1. The normalized spacial score (nSPS) is 17.1. The minimum atomic E-state index is -3.24. The summed E-state index contributed by atoms with van der Waals surface area (Å²) >= 11 is 0. The highest BCUT2D eigenvalue weighted by Crippen LogP contribution is 2.33. The summed E-state index contributed by atoms with van der Waals surface area (Å²) in [6, 6.07) is 5.38. The maximum absolute atomic E-state index is 11.2. The molecule has 0 radical (unpaired) electrons. The van der Waals surface area contributed by atoms with E-state index in [4.69, 9.17) is 0 Å². The van der Waals surface area contributed by atoms with Crippen molar-refractivity contribution in [1.29, 1.82) is 0 Å². The molecule has 0 atom stereocenters. The monoisotopic (exact) mass is 279 g/mol. The molecule has 0 unspecified atom stereocenters. The number of aromatic amines is 1. The third kappa shape index (κ3) is 2.73. The highest BCUT2D eigenvalue weighted by Gasteiger charge is 2.20. The third-order valence-corrected chi connectivity index (χ3v) is 4.15. The summed E-state index contributed by atoms with van der Waals surface area (Å²) in [5, 5.41) is 0. The van der Waals surface area contributed by atoms with E-state index in [9.17, 15) is 8.42 Å². The lowest BCUT2D eigenvalue weighted by Crippen LogP contribution is -2.09. The van der Waals surface area contributed by atoms with Crippen molar-refractivity contribution < 1.29 is 8.42 Å². The second-order valence-electron chi connectivity index (χ2n) is 5.21. The first-order valence-electron chi connectivity index (χ1n) is 6.49. The van der Waals surface area contributed by atoms with Crippen LogP contribution in [0.4, 0.5) is 5.69 Å². The number of nitrogens with one attached hydrogen (secondary N) is 2. The molecule has 1 heterocycles. The molecule has 2 N–H and O–H groups in total. The van der Waals surface area contributed by atoms with Gasteiger partial charge in [-0.05, 0) is 31.0 Å². The second kappa shape index (κ2) is 4.52. The Morgan fingerprint density at radius 1 is 1.32 bits per heavy atom. The standard InChI is InChI=1S/C13H17N3O2S/c1-19(17,18)16-10-6-7-11-12(8-10)15-13(14-11)9-4-2-3-5-9/h6-9,16H,2-5H2,1H3,(H,14,15). The molecule has 5 nitrogen and oxygen atoms in total. The van der Waals surface area contributed by atoms with Gasteiger partial charge in [0, 0.05) is 5.92 Å². The molecule has 1 saturated carbocycles. The molecule has 1 fully saturated rings. The zero-order valence-electron chi connectivity index (χ0n) is 10.8. The summed E-state index contributed by atoms with van der Waals surface area (Å²) in [5.41, 5.74) is 2.34. The minimum Gasteiger partial charge on any atom is -0.342 e. The van der Waals surface area contributed by atoms with Crippen LogP contribution in [0.3, 0.4) is 0 Å². The van der Waals surface area contributed by atoms with Gasteiger partial charge in [0.25, 0.3) is 0 Å². The Bertz CT molecular complexity index is 700. The number of imidazole rings is 1. The topological polar surface area (TPSA) is 74.8 Å². The zero-order chi connectivity index (χ0) is 13.5. The summed E-state index contributed by atoms with van der Waals surface area (Å²) in [7, 11) is -3.24. The maximum atomic E-state index is 11.2. The van der Waals surface area contributed by atoms with Crippen LogP contribution in [0.25, 0.3) is 11.0 Å². The van der Waals surface area contributed by atoms with Gasteiger partial charge in [-0.1, -0.05) is 12.8 Å². The summed E-state index contributed by atoms with van der Waals surface area (Å²) < 4.78 is 24.9. The molecule has 0 saturated heterocycles. The number of benzene rings is 1. The Labute approximate surface area is 112 Å². The first-order chi connectivity index (χ1) is 9.01. The van der Waals surface area contributed by atoms with Crippen LogP contribution < -0.4 is 4.72 Å². The van der Waals surface area contributed by atoms with Crippen LogP contribution in [0, 0.1) is 0 Å². The Morgan fingerprint density at radius 3 is 2.74 bits per heavy atom. The molecule has 1 aromatic heterocycles. The molecule has 102 valence electrons. The molecular weight excluding hydrogens is 262 g/mol. The quantitative estimate of drug-likeness (QED) is 0.906. The fraction of sp³-hybridized carbons (Fsp3) is 0.462. The molecule has 1 aliphatic rings. The van der Waals surface area contributed by atoms with Crippen molar-refractivity contribution in [2.24, 2.45) is 0 Å². The van der Waals surface area contributed by atoms with Gasteiger partial charge in [-0.3, -0.25) is 4.72 Å². The van der Waals surface area contributed by atoms with Crippen molar-refractivity contribution in [3.8, 4) is 0 Å². The van der Waals surface area contributed by atoms with E-state index in [1.807, 2.05) is 6.07 Å². The predicted octanol–water partition coefficient (Wildman–Crippen LogP) is 2.59. The van der Waals surface area contributed by atoms with E-state index < -0.39 is 10.0 Å². The third-order valence-electron chi connectivity index (χ3n) is 3.55. The average molecular weight is 279 g/mol. The number of H-pyrrole nitrogens is 1. The molecule has 1 aliphatic carbocycles. The molecule has 6 heteroatoms. The molecule has 0 aliphatic heterocycles. The van der Waals surface area contributed by atoms with Crippen LogP contribution in [0.15, 0.2) is 18.2 Å².